The number of sulfonamides is 1. The highest BCUT2D eigenvalue weighted by atomic mass is 32.2. The molecule has 0 aliphatic rings. The van der Waals surface area contributed by atoms with E-state index >= 15 is 0 Å². The summed E-state index contributed by atoms with van der Waals surface area (Å²) in [6.07, 6.45) is -4.65. The summed E-state index contributed by atoms with van der Waals surface area (Å²) >= 11 is 0. The van der Waals surface area contributed by atoms with Crippen molar-refractivity contribution in [3.8, 4) is 0 Å². The zero-order valence-electron chi connectivity index (χ0n) is 14.0. The van der Waals surface area contributed by atoms with Gasteiger partial charge in [-0.15, -0.1) is 0 Å². The fourth-order valence-electron chi connectivity index (χ4n) is 2.29. The van der Waals surface area contributed by atoms with Crippen LogP contribution >= 0.6 is 0 Å². The van der Waals surface area contributed by atoms with Gasteiger partial charge in [-0.25, -0.2) is 13.1 Å². The Morgan fingerprint density at radius 2 is 1.54 bits per heavy atom. The first-order chi connectivity index (χ1) is 12.0. The van der Waals surface area contributed by atoms with Crippen molar-refractivity contribution in [2.24, 2.45) is 0 Å². The van der Waals surface area contributed by atoms with Crippen molar-refractivity contribution in [2.45, 2.75) is 24.9 Å². The number of aryl methyl sites for hydroxylation is 2. The van der Waals surface area contributed by atoms with Gasteiger partial charge in [-0.2, -0.15) is 13.2 Å². The number of hydrogen-bond acceptors (Lipinski definition) is 3. The summed E-state index contributed by atoms with van der Waals surface area (Å²) in [7, 11) is -4.28. The zero-order valence-corrected chi connectivity index (χ0v) is 14.8. The number of halogens is 3. The number of carbonyl (C=O) groups excluding carboxylic acids is 1. The summed E-state index contributed by atoms with van der Waals surface area (Å²) < 4.78 is 61.6. The van der Waals surface area contributed by atoms with Crippen LogP contribution in [0.2, 0.25) is 0 Å². The lowest BCUT2D eigenvalue weighted by Crippen LogP contribution is -2.33. The normalized spacial score (nSPS) is 12.0. The minimum absolute atomic E-state index is 0.323. The minimum Gasteiger partial charge on any atom is -0.322 e. The van der Waals surface area contributed by atoms with Gasteiger partial charge in [0.05, 0.1) is 4.90 Å². The topological polar surface area (TPSA) is 75.3 Å². The Bertz CT molecular complexity index is 888. The second-order valence-electron chi connectivity index (χ2n) is 5.79. The maximum Gasteiger partial charge on any atom is 0.402 e. The summed E-state index contributed by atoms with van der Waals surface area (Å²) in [6, 6.07) is 10.2. The first kappa shape index (κ1) is 19.9. The highest BCUT2D eigenvalue weighted by Crippen LogP contribution is 2.18. The number of amides is 1. The largest absolute Gasteiger partial charge is 0.402 e. The Morgan fingerprint density at radius 3 is 2.04 bits per heavy atom. The minimum atomic E-state index is -4.65. The number of benzene rings is 2. The van der Waals surface area contributed by atoms with Gasteiger partial charge >= 0.3 is 6.18 Å². The number of rotatable bonds is 5. The highest BCUT2D eigenvalue weighted by Gasteiger charge is 2.30. The van der Waals surface area contributed by atoms with E-state index in [4.69, 9.17) is 0 Å². The van der Waals surface area contributed by atoms with Crippen molar-refractivity contribution < 1.29 is 26.4 Å². The van der Waals surface area contributed by atoms with Crippen molar-refractivity contribution in [3.63, 3.8) is 0 Å². The first-order valence-corrected chi connectivity index (χ1v) is 9.01. The smallest absolute Gasteiger partial charge is 0.322 e. The summed E-state index contributed by atoms with van der Waals surface area (Å²) in [5.41, 5.74) is 2.62. The van der Waals surface area contributed by atoms with Crippen LogP contribution < -0.4 is 10.0 Å². The molecule has 0 saturated heterocycles. The SMILES string of the molecule is Cc1cc(C)cc(C(=O)Nc2ccc(S(=O)(=O)NCC(F)(F)F)cc2)c1. The van der Waals surface area contributed by atoms with Gasteiger partial charge in [-0.3, -0.25) is 4.79 Å². The second-order valence-corrected chi connectivity index (χ2v) is 7.56. The Kier molecular flexibility index (Phi) is 5.72. The molecule has 2 N–H and O–H groups in total. The number of alkyl halides is 3. The molecular formula is C17H17F3N2O3S. The van der Waals surface area contributed by atoms with E-state index in [1.807, 2.05) is 19.9 Å². The molecule has 0 atom stereocenters. The van der Waals surface area contributed by atoms with E-state index in [1.165, 1.54) is 16.9 Å². The van der Waals surface area contributed by atoms with Gasteiger partial charge < -0.3 is 5.32 Å². The third-order valence-corrected chi connectivity index (χ3v) is 4.79. The molecule has 0 bridgehead atoms. The summed E-state index contributed by atoms with van der Waals surface area (Å²) in [5, 5.41) is 2.61. The van der Waals surface area contributed by atoms with Crippen molar-refractivity contribution in [1.29, 1.82) is 0 Å². The molecule has 0 aliphatic carbocycles. The Morgan fingerprint density at radius 1 is 1.00 bits per heavy atom. The Hall–Kier alpha value is -2.39. The molecule has 0 radical (unpaired) electrons. The number of nitrogens with one attached hydrogen (secondary N) is 2. The number of carbonyl (C=O) groups is 1. The molecule has 2 aromatic carbocycles. The molecular weight excluding hydrogens is 369 g/mol. The van der Waals surface area contributed by atoms with E-state index in [1.54, 1.807) is 12.1 Å². The maximum atomic E-state index is 12.2. The molecule has 0 saturated carbocycles. The summed E-state index contributed by atoms with van der Waals surface area (Å²) in [4.78, 5) is 11.9. The van der Waals surface area contributed by atoms with E-state index in [9.17, 15) is 26.4 Å². The van der Waals surface area contributed by atoms with Gasteiger partial charge in [-0.1, -0.05) is 17.2 Å². The van der Waals surface area contributed by atoms with E-state index in [0.717, 1.165) is 23.3 Å². The average molecular weight is 386 g/mol. The molecule has 26 heavy (non-hydrogen) atoms. The van der Waals surface area contributed by atoms with Crippen LogP contribution in [-0.2, 0) is 10.0 Å². The van der Waals surface area contributed by atoms with E-state index in [0.29, 0.717) is 11.3 Å². The zero-order chi connectivity index (χ0) is 19.5. The number of anilines is 1. The molecule has 0 heterocycles. The van der Waals surface area contributed by atoms with Crippen LogP contribution in [0, 0.1) is 13.8 Å². The monoisotopic (exact) mass is 386 g/mol. The van der Waals surface area contributed by atoms with Gasteiger partial charge in [0, 0.05) is 11.3 Å². The molecule has 2 rings (SSSR count). The highest BCUT2D eigenvalue weighted by molar-refractivity contribution is 7.89. The molecule has 2 aromatic rings. The lowest BCUT2D eigenvalue weighted by atomic mass is 10.1. The van der Waals surface area contributed by atoms with Crippen LogP contribution in [-0.4, -0.2) is 27.0 Å². The summed E-state index contributed by atoms with van der Waals surface area (Å²) in [5.74, 6) is -0.373. The molecule has 0 aliphatic heterocycles. The molecule has 5 nitrogen and oxygen atoms in total. The lowest BCUT2D eigenvalue weighted by Gasteiger charge is -2.10. The van der Waals surface area contributed by atoms with Crippen LogP contribution in [0.4, 0.5) is 18.9 Å². The van der Waals surface area contributed by atoms with Crippen LogP contribution in [0.5, 0.6) is 0 Å². The predicted molar refractivity (Wildman–Crippen MR) is 91.6 cm³/mol. The second kappa shape index (κ2) is 7.46. The first-order valence-electron chi connectivity index (χ1n) is 7.52. The van der Waals surface area contributed by atoms with Crippen LogP contribution in [0.3, 0.4) is 0 Å². The molecule has 0 spiro atoms. The molecule has 9 heteroatoms. The van der Waals surface area contributed by atoms with Gasteiger partial charge in [0.2, 0.25) is 10.0 Å². The van der Waals surface area contributed by atoms with Crippen molar-refractivity contribution in [3.05, 3.63) is 59.2 Å². The van der Waals surface area contributed by atoms with Crippen molar-refractivity contribution in [2.75, 3.05) is 11.9 Å². The van der Waals surface area contributed by atoms with Crippen molar-refractivity contribution in [1.82, 2.24) is 4.72 Å². The Labute approximate surface area is 149 Å². The van der Waals surface area contributed by atoms with Crippen LogP contribution in [0.25, 0.3) is 0 Å². The van der Waals surface area contributed by atoms with Gasteiger partial charge in [0.25, 0.3) is 5.91 Å². The van der Waals surface area contributed by atoms with E-state index < -0.39 is 22.7 Å². The molecule has 0 aromatic heterocycles. The molecule has 0 fully saturated rings. The van der Waals surface area contributed by atoms with Gasteiger partial charge in [0.1, 0.15) is 6.54 Å². The average Bonchev–Trinajstić information content (AvgIpc) is 2.52. The quantitative estimate of drug-likeness (QED) is 0.827. The fraction of sp³-hybridized carbons (Fsp3) is 0.235. The molecule has 0 unspecified atom stereocenters. The fourth-order valence-corrected chi connectivity index (χ4v) is 3.30. The van der Waals surface area contributed by atoms with E-state index in [2.05, 4.69) is 5.32 Å². The van der Waals surface area contributed by atoms with Crippen LogP contribution in [0.1, 0.15) is 21.5 Å². The van der Waals surface area contributed by atoms with Crippen molar-refractivity contribution >= 4 is 21.6 Å². The predicted octanol–water partition coefficient (Wildman–Crippen LogP) is 3.40. The summed E-state index contributed by atoms with van der Waals surface area (Å²) in [6.45, 7) is 2.06. The maximum absolute atomic E-state index is 12.2. The third kappa shape index (κ3) is 5.57. The van der Waals surface area contributed by atoms with E-state index in [-0.39, 0.29) is 10.8 Å². The van der Waals surface area contributed by atoms with Gasteiger partial charge in [0.15, 0.2) is 0 Å². The molecule has 1 amide bonds. The van der Waals surface area contributed by atoms with Crippen LogP contribution in [0.15, 0.2) is 47.4 Å². The molecule has 140 valence electrons. The lowest BCUT2D eigenvalue weighted by molar-refractivity contribution is -0.121. The van der Waals surface area contributed by atoms with Gasteiger partial charge in [-0.05, 0) is 50.2 Å². The number of hydrogen-bond donors (Lipinski definition) is 2. The standard InChI is InChI=1S/C17H17F3N2O3S/c1-11-7-12(2)9-13(8-11)16(23)22-14-3-5-15(6-4-14)26(24,25)21-10-17(18,19)20/h3-9,21H,10H2,1-2H3,(H,22,23). The third-order valence-electron chi connectivity index (χ3n) is 3.37. The Balaban J connectivity index is 2.10.